The standard InChI is InChI=1S/C15H15F2NS/c16-12-6-7-15(14(17)10-12)19-8-2-4-11-3-1-5-13(18)9-11/h1,3,5-7,9-10H,2,4,8,18H2. The lowest BCUT2D eigenvalue weighted by Crippen LogP contribution is -1.91. The average molecular weight is 279 g/mol. The van der Waals surface area contributed by atoms with Crippen molar-refractivity contribution < 1.29 is 8.78 Å². The van der Waals surface area contributed by atoms with Crippen LogP contribution in [0.15, 0.2) is 47.4 Å². The molecular formula is C15H15F2NS. The first-order valence-corrected chi connectivity index (χ1v) is 7.06. The van der Waals surface area contributed by atoms with Crippen LogP contribution in [-0.4, -0.2) is 5.75 Å². The number of rotatable bonds is 5. The highest BCUT2D eigenvalue weighted by molar-refractivity contribution is 7.99. The number of hydrogen-bond acceptors (Lipinski definition) is 2. The van der Waals surface area contributed by atoms with Gasteiger partial charge in [0.15, 0.2) is 0 Å². The minimum absolute atomic E-state index is 0.492. The molecule has 0 atom stereocenters. The monoisotopic (exact) mass is 279 g/mol. The van der Waals surface area contributed by atoms with E-state index < -0.39 is 11.6 Å². The van der Waals surface area contributed by atoms with Crippen molar-refractivity contribution in [3.63, 3.8) is 0 Å². The van der Waals surface area contributed by atoms with Gasteiger partial charge in [0.2, 0.25) is 0 Å². The van der Waals surface area contributed by atoms with E-state index in [1.807, 2.05) is 24.3 Å². The second kappa shape index (κ2) is 6.57. The third kappa shape index (κ3) is 4.24. The molecule has 0 spiro atoms. The van der Waals surface area contributed by atoms with E-state index in [0.29, 0.717) is 4.90 Å². The van der Waals surface area contributed by atoms with Gasteiger partial charge in [-0.1, -0.05) is 12.1 Å². The molecule has 2 N–H and O–H groups in total. The van der Waals surface area contributed by atoms with Crippen LogP contribution in [0.5, 0.6) is 0 Å². The number of aryl methyl sites for hydroxylation is 1. The number of nitrogens with two attached hydrogens (primary N) is 1. The van der Waals surface area contributed by atoms with Crippen LogP contribution < -0.4 is 5.73 Å². The van der Waals surface area contributed by atoms with Gasteiger partial charge in [0.25, 0.3) is 0 Å². The van der Waals surface area contributed by atoms with Crippen LogP contribution in [0.2, 0.25) is 0 Å². The van der Waals surface area contributed by atoms with Crippen molar-refractivity contribution in [1.29, 1.82) is 0 Å². The highest BCUT2D eigenvalue weighted by Crippen LogP contribution is 2.23. The molecule has 2 aromatic rings. The maximum atomic E-state index is 13.4. The zero-order chi connectivity index (χ0) is 13.7. The van der Waals surface area contributed by atoms with E-state index in [1.165, 1.54) is 29.5 Å². The van der Waals surface area contributed by atoms with E-state index in [9.17, 15) is 8.78 Å². The van der Waals surface area contributed by atoms with Crippen molar-refractivity contribution in [2.75, 3.05) is 11.5 Å². The summed E-state index contributed by atoms with van der Waals surface area (Å²) in [5.74, 6) is -0.243. The molecule has 1 nitrogen and oxygen atoms in total. The Morgan fingerprint density at radius 2 is 1.89 bits per heavy atom. The lowest BCUT2D eigenvalue weighted by atomic mass is 10.1. The van der Waals surface area contributed by atoms with Crippen LogP contribution in [-0.2, 0) is 6.42 Å². The minimum atomic E-state index is -0.540. The predicted octanol–water partition coefficient (Wildman–Crippen LogP) is 4.27. The number of thioether (sulfide) groups is 1. The van der Waals surface area contributed by atoms with Crippen molar-refractivity contribution in [3.8, 4) is 0 Å². The second-order valence-corrected chi connectivity index (χ2v) is 5.41. The summed E-state index contributed by atoms with van der Waals surface area (Å²) in [4.78, 5) is 0.494. The van der Waals surface area contributed by atoms with E-state index in [4.69, 9.17) is 5.73 Å². The van der Waals surface area contributed by atoms with Gasteiger partial charge in [-0.3, -0.25) is 0 Å². The molecular weight excluding hydrogens is 264 g/mol. The molecule has 100 valence electrons. The zero-order valence-corrected chi connectivity index (χ0v) is 11.2. The molecule has 0 fully saturated rings. The van der Waals surface area contributed by atoms with Gasteiger partial charge in [0.1, 0.15) is 11.6 Å². The molecule has 0 bridgehead atoms. The maximum absolute atomic E-state index is 13.4. The number of hydrogen-bond donors (Lipinski definition) is 1. The highest BCUT2D eigenvalue weighted by Gasteiger charge is 2.04. The van der Waals surface area contributed by atoms with Gasteiger partial charge in [0.05, 0.1) is 0 Å². The summed E-state index contributed by atoms with van der Waals surface area (Å²) < 4.78 is 26.1. The quantitative estimate of drug-likeness (QED) is 0.502. The summed E-state index contributed by atoms with van der Waals surface area (Å²) >= 11 is 1.41. The molecule has 19 heavy (non-hydrogen) atoms. The number of benzene rings is 2. The molecule has 0 aliphatic carbocycles. The fourth-order valence-electron chi connectivity index (χ4n) is 1.80. The third-order valence-electron chi connectivity index (χ3n) is 2.71. The molecule has 0 heterocycles. The Morgan fingerprint density at radius 1 is 1.05 bits per heavy atom. The Kier molecular flexibility index (Phi) is 4.80. The summed E-state index contributed by atoms with van der Waals surface area (Å²) in [7, 11) is 0. The summed E-state index contributed by atoms with van der Waals surface area (Å²) in [6, 6.07) is 11.4. The summed E-state index contributed by atoms with van der Waals surface area (Å²) in [6.45, 7) is 0. The largest absolute Gasteiger partial charge is 0.399 e. The smallest absolute Gasteiger partial charge is 0.139 e. The minimum Gasteiger partial charge on any atom is -0.399 e. The Balaban J connectivity index is 1.81. The van der Waals surface area contributed by atoms with Crippen molar-refractivity contribution in [1.82, 2.24) is 0 Å². The third-order valence-corrected chi connectivity index (χ3v) is 3.85. The molecule has 0 aliphatic heterocycles. The van der Waals surface area contributed by atoms with Crippen LogP contribution in [0.1, 0.15) is 12.0 Å². The van der Waals surface area contributed by atoms with Crippen molar-refractivity contribution in [3.05, 3.63) is 59.7 Å². The van der Waals surface area contributed by atoms with Gasteiger partial charge in [-0.2, -0.15) is 0 Å². The number of anilines is 1. The maximum Gasteiger partial charge on any atom is 0.139 e. The highest BCUT2D eigenvalue weighted by atomic mass is 32.2. The van der Waals surface area contributed by atoms with Crippen LogP contribution >= 0.6 is 11.8 Å². The van der Waals surface area contributed by atoms with Gasteiger partial charge >= 0.3 is 0 Å². The molecule has 2 aromatic carbocycles. The van der Waals surface area contributed by atoms with Crippen LogP contribution in [0.25, 0.3) is 0 Å². The molecule has 0 amide bonds. The van der Waals surface area contributed by atoms with E-state index in [2.05, 4.69) is 0 Å². The SMILES string of the molecule is Nc1cccc(CCCSc2ccc(F)cc2F)c1. The normalized spacial score (nSPS) is 10.6. The van der Waals surface area contributed by atoms with E-state index in [-0.39, 0.29) is 0 Å². The molecule has 2 rings (SSSR count). The van der Waals surface area contributed by atoms with E-state index in [1.54, 1.807) is 0 Å². The van der Waals surface area contributed by atoms with Crippen molar-refractivity contribution >= 4 is 17.4 Å². The zero-order valence-electron chi connectivity index (χ0n) is 10.4. The first-order chi connectivity index (χ1) is 9.15. The topological polar surface area (TPSA) is 26.0 Å². The molecule has 0 saturated carbocycles. The van der Waals surface area contributed by atoms with Gasteiger partial charge in [0, 0.05) is 16.6 Å². The Bertz CT molecular complexity index is 558. The van der Waals surface area contributed by atoms with E-state index >= 15 is 0 Å². The fraction of sp³-hybridized carbons (Fsp3) is 0.200. The molecule has 4 heteroatoms. The first kappa shape index (κ1) is 13.9. The van der Waals surface area contributed by atoms with Crippen LogP contribution in [0.4, 0.5) is 14.5 Å². The number of halogens is 2. The molecule has 0 saturated heterocycles. The molecule has 0 aromatic heterocycles. The molecule has 0 aliphatic rings. The van der Waals surface area contributed by atoms with Crippen molar-refractivity contribution in [2.24, 2.45) is 0 Å². The van der Waals surface area contributed by atoms with Crippen LogP contribution in [0.3, 0.4) is 0 Å². The first-order valence-electron chi connectivity index (χ1n) is 6.07. The fourth-order valence-corrected chi connectivity index (χ4v) is 2.67. The Morgan fingerprint density at radius 3 is 2.63 bits per heavy atom. The van der Waals surface area contributed by atoms with Crippen LogP contribution in [0, 0.1) is 11.6 Å². The molecule has 0 radical (unpaired) electrons. The predicted molar refractivity (Wildman–Crippen MR) is 76.3 cm³/mol. The summed E-state index contributed by atoms with van der Waals surface area (Å²) in [5.41, 5.74) is 7.64. The lowest BCUT2D eigenvalue weighted by molar-refractivity contribution is 0.565. The summed E-state index contributed by atoms with van der Waals surface area (Å²) in [6.07, 6.45) is 1.83. The second-order valence-electron chi connectivity index (χ2n) is 4.27. The number of nitrogen functional groups attached to an aromatic ring is 1. The average Bonchev–Trinajstić information content (AvgIpc) is 2.37. The Hall–Kier alpha value is -1.55. The van der Waals surface area contributed by atoms with Gasteiger partial charge in [-0.25, -0.2) is 8.78 Å². The van der Waals surface area contributed by atoms with Gasteiger partial charge in [-0.15, -0.1) is 11.8 Å². The molecule has 0 unspecified atom stereocenters. The Labute approximate surface area is 115 Å². The van der Waals surface area contributed by atoms with Crippen molar-refractivity contribution in [2.45, 2.75) is 17.7 Å². The van der Waals surface area contributed by atoms with E-state index in [0.717, 1.165) is 30.3 Å². The lowest BCUT2D eigenvalue weighted by Gasteiger charge is -2.04. The summed E-state index contributed by atoms with van der Waals surface area (Å²) in [5, 5.41) is 0. The van der Waals surface area contributed by atoms with Gasteiger partial charge in [-0.05, 0) is 48.4 Å². The van der Waals surface area contributed by atoms with Gasteiger partial charge < -0.3 is 5.73 Å².